The number of carbonyl (C=O) groups is 3. The first-order chi connectivity index (χ1) is 14.6. The normalized spacial score (nSPS) is 21.0. The van der Waals surface area contributed by atoms with Crippen LogP contribution in [-0.2, 0) is 29.0 Å². The van der Waals surface area contributed by atoms with E-state index in [1.165, 1.54) is 11.1 Å². The van der Waals surface area contributed by atoms with E-state index in [1.807, 2.05) is 12.1 Å². The van der Waals surface area contributed by atoms with Crippen molar-refractivity contribution in [2.24, 2.45) is 0 Å². The number of nitrogens with one attached hydrogen (secondary N) is 2. The van der Waals surface area contributed by atoms with Crippen LogP contribution < -0.4 is 15.4 Å². The SMILES string of the molecule is O=C1CCC(N2Cc3c(Oc4ccc5c(c4)CCNCC5)cccc3C2=O)C(=O)N1. The van der Waals surface area contributed by atoms with Crippen LogP contribution in [0.4, 0.5) is 0 Å². The second kappa shape index (κ2) is 7.57. The van der Waals surface area contributed by atoms with Crippen molar-refractivity contribution in [3.05, 3.63) is 58.7 Å². The Bertz CT molecular complexity index is 1050. The fourth-order valence-corrected chi connectivity index (χ4v) is 4.49. The lowest BCUT2D eigenvalue weighted by Crippen LogP contribution is -2.52. The van der Waals surface area contributed by atoms with Crippen LogP contribution in [0.15, 0.2) is 36.4 Å². The smallest absolute Gasteiger partial charge is 0.255 e. The molecule has 30 heavy (non-hydrogen) atoms. The highest BCUT2D eigenvalue weighted by molar-refractivity contribution is 6.05. The number of hydrogen-bond acceptors (Lipinski definition) is 5. The van der Waals surface area contributed by atoms with Gasteiger partial charge in [0, 0.05) is 17.5 Å². The predicted octanol–water partition coefficient (Wildman–Crippen LogP) is 1.93. The van der Waals surface area contributed by atoms with Gasteiger partial charge in [-0.05, 0) is 67.7 Å². The fourth-order valence-electron chi connectivity index (χ4n) is 4.49. The summed E-state index contributed by atoms with van der Waals surface area (Å²) in [6, 6.07) is 11.0. The maximum atomic E-state index is 13.0. The first-order valence-corrected chi connectivity index (χ1v) is 10.4. The molecular formula is C23H23N3O4. The molecule has 0 aliphatic carbocycles. The summed E-state index contributed by atoms with van der Waals surface area (Å²) in [5.74, 6) is 0.480. The van der Waals surface area contributed by atoms with E-state index < -0.39 is 11.9 Å². The van der Waals surface area contributed by atoms with Crippen molar-refractivity contribution in [3.8, 4) is 11.5 Å². The number of carbonyl (C=O) groups excluding carboxylic acids is 3. The van der Waals surface area contributed by atoms with Gasteiger partial charge in [0.2, 0.25) is 11.8 Å². The summed E-state index contributed by atoms with van der Waals surface area (Å²) in [4.78, 5) is 38.2. The summed E-state index contributed by atoms with van der Waals surface area (Å²) >= 11 is 0. The molecule has 7 nitrogen and oxygen atoms in total. The lowest BCUT2D eigenvalue weighted by Gasteiger charge is -2.29. The van der Waals surface area contributed by atoms with Crippen molar-refractivity contribution in [1.29, 1.82) is 0 Å². The Morgan fingerprint density at radius 1 is 0.967 bits per heavy atom. The van der Waals surface area contributed by atoms with E-state index in [0.717, 1.165) is 37.2 Å². The number of rotatable bonds is 3. The Morgan fingerprint density at radius 2 is 1.80 bits per heavy atom. The Balaban J connectivity index is 1.40. The molecule has 0 bridgehead atoms. The van der Waals surface area contributed by atoms with Gasteiger partial charge in [-0.25, -0.2) is 0 Å². The topological polar surface area (TPSA) is 87.7 Å². The number of amides is 3. The molecular weight excluding hydrogens is 382 g/mol. The highest BCUT2D eigenvalue weighted by atomic mass is 16.5. The number of benzene rings is 2. The summed E-state index contributed by atoms with van der Waals surface area (Å²) in [7, 11) is 0. The van der Waals surface area contributed by atoms with E-state index in [9.17, 15) is 14.4 Å². The van der Waals surface area contributed by atoms with Crippen LogP contribution in [0.5, 0.6) is 11.5 Å². The largest absolute Gasteiger partial charge is 0.457 e. The second-order valence-corrected chi connectivity index (χ2v) is 7.96. The first kappa shape index (κ1) is 18.8. The van der Waals surface area contributed by atoms with Crippen molar-refractivity contribution >= 4 is 17.7 Å². The van der Waals surface area contributed by atoms with Gasteiger partial charge in [-0.3, -0.25) is 19.7 Å². The summed E-state index contributed by atoms with van der Waals surface area (Å²) in [5.41, 5.74) is 3.95. The molecule has 2 aromatic rings. The van der Waals surface area contributed by atoms with E-state index in [2.05, 4.69) is 22.8 Å². The molecule has 1 fully saturated rings. The van der Waals surface area contributed by atoms with Crippen LogP contribution in [0.3, 0.4) is 0 Å². The van der Waals surface area contributed by atoms with Crippen molar-refractivity contribution in [1.82, 2.24) is 15.5 Å². The third kappa shape index (κ3) is 3.35. The lowest BCUT2D eigenvalue weighted by atomic mass is 10.0. The average molecular weight is 405 g/mol. The molecule has 3 heterocycles. The van der Waals surface area contributed by atoms with Crippen molar-refractivity contribution < 1.29 is 19.1 Å². The minimum Gasteiger partial charge on any atom is -0.457 e. The van der Waals surface area contributed by atoms with Gasteiger partial charge in [-0.15, -0.1) is 0 Å². The highest BCUT2D eigenvalue weighted by Gasteiger charge is 2.40. The van der Waals surface area contributed by atoms with Gasteiger partial charge in [0.25, 0.3) is 5.91 Å². The van der Waals surface area contributed by atoms with Crippen LogP contribution in [0, 0.1) is 0 Å². The molecule has 7 heteroatoms. The molecule has 3 aliphatic heterocycles. The standard InChI is InChI=1S/C23H23N3O4/c27-21-7-6-19(22(28)25-21)26-13-18-17(23(26)29)2-1-3-20(18)30-16-5-4-14-8-10-24-11-9-15(14)12-16/h1-5,12,19,24H,6-11,13H2,(H,25,27,28). The van der Waals surface area contributed by atoms with Gasteiger partial charge in [0.1, 0.15) is 17.5 Å². The lowest BCUT2D eigenvalue weighted by molar-refractivity contribution is -0.136. The minimum atomic E-state index is -0.629. The number of imide groups is 1. The van der Waals surface area contributed by atoms with Crippen LogP contribution in [-0.4, -0.2) is 41.8 Å². The number of hydrogen-bond donors (Lipinski definition) is 2. The third-order valence-corrected chi connectivity index (χ3v) is 6.09. The molecule has 3 amide bonds. The zero-order valence-corrected chi connectivity index (χ0v) is 16.6. The molecule has 0 aromatic heterocycles. The number of ether oxygens (including phenoxy) is 1. The maximum absolute atomic E-state index is 13.0. The first-order valence-electron chi connectivity index (χ1n) is 10.4. The van der Waals surface area contributed by atoms with E-state index in [-0.39, 0.29) is 18.2 Å². The zero-order chi connectivity index (χ0) is 20.7. The Kier molecular flexibility index (Phi) is 4.75. The van der Waals surface area contributed by atoms with E-state index in [1.54, 1.807) is 17.0 Å². The zero-order valence-electron chi connectivity index (χ0n) is 16.6. The molecule has 3 aliphatic rings. The summed E-state index contributed by atoms with van der Waals surface area (Å²) < 4.78 is 6.20. The Morgan fingerprint density at radius 3 is 2.63 bits per heavy atom. The van der Waals surface area contributed by atoms with Gasteiger partial charge in [-0.2, -0.15) is 0 Å². The van der Waals surface area contributed by atoms with Crippen LogP contribution in [0.2, 0.25) is 0 Å². The number of nitrogens with zero attached hydrogens (tertiary/aromatic N) is 1. The van der Waals surface area contributed by atoms with Gasteiger partial charge in [-0.1, -0.05) is 12.1 Å². The van der Waals surface area contributed by atoms with Crippen LogP contribution in [0.1, 0.15) is 39.9 Å². The predicted molar refractivity (Wildman–Crippen MR) is 109 cm³/mol. The Labute approximate surface area is 174 Å². The monoisotopic (exact) mass is 405 g/mol. The van der Waals surface area contributed by atoms with E-state index >= 15 is 0 Å². The molecule has 1 unspecified atom stereocenters. The van der Waals surface area contributed by atoms with Gasteiger partial charge >= 0.3 is 0 Å². The summed E-state index contributed by atoms with van der Waals surface area (Å²) in [6.07, 6.45) is 2.55. The molecule has 2 N–H and O–H groups in total. The molecule has 0 saturated carbocycles. The van der Waals surface area contributed by atoms with E-state index in [4.69, 9.17) is 4.74 Å². The molecule has 1 saturated heterocycles. The fraction of sp³-hybridized carbons (Fsp3) is 0.348. The molecule has 1 atom stereocenters. The molecule has 2 aromatic carbocycles. The number of piperidine rings is 1. The number of fused-ring (bicyclic) bond motifs is 2. The van der Waals surface area contributed by atoms with Gasteiger partial charge < -0.3 is 15.0 Å². The Hall–Kier alpha value is -3.19. The van der Waals surface area contributed by atoms with Crippen LogP contribution >= 0.6 is 0 Å². The molecule has 0 radical (unpaired) electrons. The van der Waals surface area contributed by atoms with Crippen LogP contribution in [0.25, 0.3) is 0 Å². The van der Waals surface area contributed by atoms with Crippen molar-refractivity contribution in [3.63, 3.8) is 0 Å². The summed E-state index contributed by atoms with van der Waals surface area (Å²) in [6.45, 7) is 2.23. The minimum absolute atomic E-state index is 0.196. The van der Waals surface area contributed by atoms with Crippen molar-refractivity contribution in [2.75, 3.05) is 13.1 Å². The molecule has 0 spiro atoms. The summed E-state index contributed by atoms with van der Waals surface area (Å²) in [5, 5.41) is 5.74. The van der Waals surface area contributed by atoms with Gasteiger partial charge in [0.05, 0.1) is 6.54 Å². The third-order valence-electron chi connectivity index (χ3n) is 6.09. The maximum Gasteiger partial charge on any atom is 0.255 e. The quantitative estimate of drug-likeness (QED) is 0.762. The molecule has 154 valence electrons. The van der Waals surface area contributed by atoms with Crippen molar-refractivity contribution in [2.45, 2.75) is 38.3 Å². The second-order valence-electron chi connectivity index (χ2n) is 7.96. The average Bonchev–Trinajstić information content (AvgIpc) is 2.91. The van der Waals surface area contributed by atoms with E-state index in [0.29, 0.717) is 24.3 Å². The van der Waals surface area contributed by atoms with Gasteiger partial charge in [0.15, 0.2) is 0 Å². The molecule has 5 rings (SSSR count). The highest BCUT2D eigenvalue weighted by Crippen LogP contribution is 2.36.